The Kier molecular flexibility index (Phi) is 5.63. The van der Waals surface area contributed by atoms with Gasteiger partial charge in [0, 0.05) is 17.0 Å². The molecular weight excluding hydrogens is 384 g/mol. The number of benzene rings is 3. The summed E-state index contributed by atoms with van der Waals surface area (Å²) in [4.78, 5) is 13.2. The van der Waals surface area contributed by atoms with Gasteiger partial charge in [0.25, 0.3) is 5.91 Å². The maximum atomic E-state index is 13.2. The number of amides is 1. The summed E-state index contributed by atoms with van der Waals surface area (Å²) >= 11 is 5.98. The molecule has 0 saturated carbocycles. The van der Waals surface area contributed by atoms with Crippen LogP contribution in [0.1, 0.15) is 40.9 Å². The van der Waals surface area contributed by atoms with Crippen molar-refractivity contribution in [2.75, 3.05) is 6.61 Å². The van der Waals surface area contributed by atoms with Crippen LogP contribution in [-0.4, -0.2) is 23.2 Å². The van der Waals surface area contributed by atoms with Crippen LogP contribution in [0.15, 0.2) is 84.0 Å². The first kappa shape index (κ1) is 19.2. The number of nitrogens with zero attached hydrogens (tertiary/aromatic N) is 2. The van der Waals surface area contributed by atoms with Gasteiger partial charge in [0.15, 0.2) is 0 Å². The van der Waals surface area contributed by atoms with Crippen LogP contribution in [0.4, 0.5) is 0 Å². The molecule has 0 saturated heterocycles. The molecule has 1 atom stereocenters. The summed E-state index contributed by atoms with van der Waals surface area (Å²) in [7, 11) is 0. The van der Waals surface area contributed by atoms with Gasteiger partial charge >= 0.3 is 0 Å². The Morgan fingerprint density at radius 2 is 1.72 bits per heavy atom. The highest BCUT2D eigenvalue weighted by atomic mass is 35.5. The predicted octanol–water partition coefficient (Wildman–Crippen LogP) is 5.73. The van der Waals surface area contributed by atoms with Gasteiger partial charge in [-0.25, -0.2) is 5.01 Å². The molecule has 1 aliphatic rings. The minimum atomic E-state index is -0.152. The van der Waals surface area contributed by atoms with Crippen LogP contribution < -0.4 is 4.74 Å². The van der Waals surface area contributed by atoms with Crippen molar-refractivity contribution in [3.63, 3.8) is 0 Å². The first-order valence-corrected chi connectivity index (χ1v) is 9.98. The van der Waals surface area contributed by atoms with Gasteiger partial charge in [-0.1, -0.05) is 41.9 Å². The molecule has 0 aromatic heterocycles. The van der Waals surface area contributed by atoms with Crippen molar-refractivity contribution in [1.82, 2.24) is 5.01 Å². The molecule has 4 rings (SSSR count). The number of rotatable bonds is 5. The summed E-state index contributed by atoms with van der Waals surface area (Å²) in [5, 5.41) is 6.90. The highest BCUT2D eigenvalue weighted by Crippen LogP contribution is 2.34. The lowest BCUT2D eigenvalue weighted by Gasteiger charge is -2.22. The second kappa shape index (κ2) is 8.50. The Morgan fingerprint density at radius 1 is 1.03 bits per heavy atom. The van der Waals surface area contributed by atoms with E-state index in [4.69, 9.17) is 21.4 Å². The van der Waals surface area contributed by atoms with Gasteiger partial charge in [0.2, 0.25) is 0 Å². The molecular formula is C24H21ClN2O2. The summed E-state index contributed by atoms with van der Waals surface area (Å²) < 4.78 is 5.53. The Hall–Kier alpha value is -3.11. The Bertz CT molecular complexity index is 1020. The minimum Gasteiger partial charge on any atom is -0.494 e. The SMILES string of the molecule is CCOc1ccc(C2=NN(C(=O)c3ccc(Cl)cc3)C(c3ccccc3)C2)cc1. The third kappa shape index (κ3) is 4.17. The van der Waals surface area contributed by atoms with E-state index in [-0.39, 0.29) is 11.9 Å². The number of halogens is 1. The average molecular weight is 405 g/mol. The van der Waals surface area contributed by atoms with Crippen molar-refractivity contribution in [3.8, 4) is 5.75 Å². The topological polar surface area (TPSA) is 41.9 Å². The van der Waals surface area contributed by atoms with Crippen LogP contribution >= 0.6 is 11.6 Å². The molecule has 0 N–H and O–H groups in total. The van der Waals surface area contributed by atoms with E-state index in [0.29, 0.717) is 23.6 Å². The normalized spacial score (nSPS) is 15.9. The molecule has 3 aromatic carbocycles. The molecule has 146 valence electrons. The van der Waals surface area contributed by atoms with Gasteiger partial charge in [0.1, 0.15) is 5.75 Å². The molecule has 5 heteroatoms. The van der Waals surface area contributed by atoms with Crippen molar-refractivity contribution < 1.29 is 9.53 Å². The molecule has 29 heavy (non-hydrogen) atoms. The predicted molar refractivity (Wildman–Crippen MR) is 116 cm³/mol. The molecule has 0 radical (unpaired) electrons. The Labute approximate surface area is 175 Å². The Balaban J connectivity index is 1.67. The Morgan fingerprint density at radius 3 is 2.38 bits per heavy atom. The lowest BCUT2D eigenvalue weighted by atomic mass is 9.98. The fourth-order valence-electron chi connectivity index (χ4n) is 3.44. The van der Waals surface area contributed by atoms with E-state index >= 15 is 0 Å². The van der Waals surface area contributed by atoms with E-state index in [1.165, 1.54) is 0 Å². The van der Waals surface area contributed by atoms with E-state index in [2.05, 4.69) is 0 Å². The minimum absolute atomic E-state index is 0.142. The third-order valence-corrected chi connectivity index (χ3v) is 5.14. The molecule has 0 bridgehead atoms. The van der Waals surface area contributed by atoms with Gasteiger partial charge in [-0.3, -0.25) is 4.79 Å². The zero-order chi connectivity index (χ0) is 20.2. The third-order valence-electron chi connectivity index (χ3n) is 4.89. The van der Waals surface area contributed by atoms with Gasteiger partial charge in [0.05, 0.1) is 18.4 Å². The first-order chi connectivity index (χ1) is 14.2. The maximum Gasteiger partial charge on any atom is 0.274 e. The summed E-state index contributed by atoms with van der Waals surface area (Å²) in [5.41, 5.74) is 3.48. The number of hydrogen-bond acceptors (Lipinski definition) is 3. The number of hydrazone groups is 1. The number of hydrogen-bond donors (Lipinski definition) is 0. The van der Waals surface area contributed by atoms with Crippen LogP contribution in [-0.2, 0) is 0 Å². The van der Waals surface area contributed by atoms with Crippen molar-refractivity contribution in [2.45, 2.75) is 19.4 Å². The number of carbonyl (C=O) groups is 1. The fourth-order valence-corrected chi connectivity index (χ4v) is 3.57. The monoisotopic (exact) mass is 404 g/mol. The van der Waals surface area contributed by atoms with Crippen LogP contribution in [0.5, 0.6) is 5.75 Å². The molecule has 1 aliphatic heterocycles. The van der Waals surface area contributed by atoms with E-state index < -0.39 is 0 Å². The largest absolute Gasteiger partial charge is 0.494 e. The molecule has 0 spiro atoms. The van der Waals surface area contributed by atoms with Gasteiger partial charge in [-0.15, -0.1) is 0 Å². The van der Waals surface area contributed by atoms with E-state index in [9.17, 15) is 4.79 Å². The highest BCUT2D eigenvalue weighted by molar-refractivity contribution is 6.30. The van der Waals surface area contributed by atoms with Crippen molar-refractivity contribution in [1.29, 1.82) is 0 Å². The molecule has 1 unspecified atom stereocenters. The molecule has 1 heterocycles. The fraction of sp³-hybridized carbons (Fsp3) is 0.167. The zero-order valence-electron chi connectivity index (χ0n) is 16.1. The second-order valence-electron chi connectivity index (χ2n) is 6.79. The van der Waals surface area contributed by atoms with Crippen LogP contribution in [0.2, 0.25) is 5.02 Å². The van der Waals surface area contributed by atoms with Crippen LogP contribution in [0, 0.1) is 0 Å². The van der Waals surface area contributed by atoms with E-state index in [1.54, 1.807) is 29.3 Å². The van der Waals surface area contributed by atoms with Crippen LogP contribution in [0.3, 0.4) is 0 Å². The lowest BCUT2D eigenvalue weighted by Crippen LogP contribution is -2.27. The van der Waals surface area contributed by atoms with E-state index in [1.807, 2.05) is 61.5 Å². The molecule has 1 amide bonds. The second-order valence-corrected chi connectivity index (χ2v) is 7.23. The van der Waals surface area contributed by atoms with Crippen LogP contribution in [0.25, 0.3) is 0 Å². The van der Waals surface area contributed by atoms with E-state index in [0.717, 1.165) is 22.6 Å². The smallest absolute Gasteiger partial charge is 0.274 e. The van der Waals surface area contributed by atoms with Crippen molar-refractivity contribution in [2.24, 2.45) is 5.10 Å². The van der Waals surface area contributed by atoms with Crippen molar-refractivity contribution in [3.05, 3.63) is 101 Å². The van der Waals surface area contributed by atoms with Gasteiger partial charge in [-0.05, 0) is 66.6 Å². The van der Waals surface area contributed by atoms with Gasteiger partial charge < -0.3 is 4.74 Å². The summed E-state index contributed by atoms with van der Waals surface area (Å²) in [6.45, 7) is 2.58. The molecule has 0 fully saturated rings. The summed E-state index contributed by atoms with van der Waals surface area (Å²) in [6.07, 6.45) is 0.650. The maximum absolute atomic E-state index is 13.2. The lowest BCUT2D eigenvalue weighted by molar-refractivity contribution is 0.0711. The highest BCUT2D eigenvalue weighted by Gasteiger charge is 2.33. The number of ether oxygens (including phenoxy) is 1. The summed E-state index contributed by atoms with van der Waals surface area (Å²) in [6, 6.07) is 24.6. The molecule has 4 nitrogen and oxygen atoms in total. The summed E-state index contributed by atoms with van der Waals surface area (Å²) in [5.74, 6) is 0.681. The molecule has 0 aliphatic carbocycles. The quantitative estimate of drug-likeness (QED) is 0.544. The van der Waals surface area contributed by atoms with Gasteiger partial charge in [-0.2, -0.15) is 5.10 Å². The first-order valence-electron chi connectivity index (χ1n) is 9.60. The van der Waals surface area contributed by atoms with Crippen molar-refractivity contribution >= 4 is 23.2 Å². The molecule has 3 aromatic rings. The zero-order valence-corrected chi connectivity index (χ0v) is 16.8. The standard InChI is InChI=1S/C24H21ClN2O2/c1-2-29-21-14-10-17(11-15-21)22-16-23(18-6-4-3-5-7-18)27(26-22)24(28)19-8-12-20(25)13-9-19/h3-15,23H,2,16H2,1H3. The number of carbonyl (C=O) groups excluding carboxylic acids is 1. The average Bonchev–Trinajstić information content (AvgIpc) is 3.21.